The summed E-state index contributed by atoms with van der Waals surface area (Å²) in [5.74, 6) is 0. The highest BCUT2D eigenvalue weighted by atomic mass is 32.1. The maximum absolute atomic E-state index is 5.75. The predicted molar refractivity (Wildman–Crippen MR) is 71.4 cm³/mol. The topological polar surface area (TPSA) is 34.2 Å². The molecule has 0 amide bonds. The van der Waals surface area contributed by atoms with Crippen molar-refractivity contribution in [3.8, 4) is 0 Å². The molecule has 3 nitrogen and oxygen atoms in total. The molecule has 1 N–H and O–H groups in total. The second-order valence-electron chi connectivity index (χ2n) is 4.74. The van der Waals surface area contributed by atoms with E-state index in [9.17, 15) is 0 Å². The average Bonchev–Trinajstić information content (AvgIpc) is 2.74. The van der Waals surface area contributed by atoms with Crippen LogP contribution < -0.4 is 5.32 Å². The quantitative estimate of drug-likeness (QED) is 0.877. The third-order valence-corrected chi connectivity index (χ3v) is 4.04. The lowest BCUT2D eigenvalue weighted by atomic mass is 10.00. The molecule has 4 heteroatoms. The Kier molecular flexibility index (Phi) is 4.95. The van der Waals surface area contributed by atoms with Crippen molar-refractivity contribution in [1.29, 1.82) is 0 Å². The van der Waals surface area contributed by atoms with Crippen LogP contribution in [0.1, 0.15) is 43.3 Å². The van der Waals surface area contributed by atoms with Crippen LogP contribution in [-0.4, -0.2) is 23.7 Å². The molecule has 1 saturated heterocycles. The molecule has 2 rings (SSSR count). The van der Waals surface area contributed by atoms with Gasteiger partial charge in [-0.05, 0) is 26.2 Å². The smallest absolute Gasteiger partial charge is 0.0897 e. The van der Waals surface area contributed by atoms with Crippen molar-refractivity contribution in [2.24, 2.45) is 0 Å². The van der Waals surface area contributed by atoms with Crippen LogP contribution in [0.3, 0.4) is 0 Å². The van der Waals surface area contributed by atoms with Crippen molar-refractivity contribution in [2.45, 2.75) is 58.2 Å². The molecule has 2 atom stereocenters. The van der Waals surface area contributed by atoms with E-state index in [1.165, 1.54) is 18.5 Å². The molecule has 96 valence electrons. The molecule has 1 aromatic rings. The Hall–Kier alpha value is -0.450. The number of aryl methyl sites for hydroxylation is 1. The number of rotatable bonds is 5. The Labute approximate surface area is 108 Å². The summed E-state index contributed by atoms with van der Waals surface area (Å²) < 4.78 is 5.75. The summed E-state index contributed by atoms with van der Waals surface area (Å²) in [6, 6.07) is 0.599. The summed E-state index contributed by atoms with van der Waals surface area (Å²) in [5.41, 5.74) is 1.17. The summed E-state index contributed by atoms with van der Waals surface area (Å²) in [7, 11) is 0. The minimum atomic E-state index is 0.462. The van der Waals surface area contributed by atoms with Gasteiger partial charge in [-0.3, -0.25) is 0 Å². The van der Waals surface area contributed by atoms with E-state index in [2.05, 4.69) is 29.5 Å². The molecule has 0 spiro atoms. The van der Waals surface area contributed by atoms with Crippen LogP contribution in [0.5, 0.6) is 0 Å². The maximum Gasteiger partial charge on any atom is 0.0897 e. The normalized spacial score (nSPS) is 25.1. The zero-order valence-corrected chi connectivity index (χ0v) is 11.6. The van der Waals surface area contributed by atoms with Gasteiger partial charge in [0.2, 0.25) is 0 Å². The molecule has 2 unspecified atom stereocenters. The summed E-state index contributed by atoms with van der Waals surface area (Å²) in [6.45, 7) is 6.07. The van der Waals surface area contributed by atoms with E-state index in [0.29, 0.717) is 12.1 Å². The highest BCUT2D eigenvalue weighted by molar-refractivity contribution is 7.09. The lowest BCUT2D eigenvalue weighted by molar-refractivity contribution is -0.00347. The third-order valence-electron chi connectivity index (χ3n) is 3.22. The van der Waals surface area contributed by atoms with Gasteiger partial charge in [-0.2, -0.15) is 0 Å². The van der Waals surface area contributed by atoms with Crippen LogP contribution in [-0.2, 0) is 11.3 Å². The molecule has 0 saturated carbocycles. The largest absolute Gasteiger partial charge is 0.378 e. The number of hydrogen-bond donors (Lipinski definition) is 1. The summed E-state index contributed by atoms with van der Waals surface area (Å²) in [6.07, 6.45) is 5.14. The highest BCUT2D eigenvalue weighted by Crippen LogP contribution is 2.18. The number of nitrogens with zero attached hydrogens (tertiary/aromatic N) is 1. The first-order valence-corrected chi connectivity index (χ1v) is 7.42. The van der Waals surface area contributed by atoms with Gasteiger partial charge in [0.15, 0.2) is 0 Å². The molecule has 0 aliphatic carbocycles. The van der Waals surface area contributed by atoms with Gasteiger partial charge in [0.25, 0.3) is 0 Å². The average molecular weight is 254 g/mol. The molecular weight excluding hydrogens is 232 g/mol. The first-order valence-electron chi connectivity index (χ1n) is 6.54. The van der Waals surface area contributed by atoms with Crippen molar-refractivity contribution in [3.63, 3.8) is 0 Å². The lowest BCUT2D eigenvalue weighted by Gasteiger charge is -2.30. The van der Waals surface area contributed by atoms with Crippen molar-refractivity contribution < 1.29 is 4.74 Å². The fraction of sp³-hybridized carbons (Fsp3) is 0.769. The Bertz CT molecular complexity index is 338. The third kappa shape index (κ3) is 4.05. The number of hydrogen-bond acceptors (Lipinski definition) is 4. The van der Waals surface area contributed by atoms with Crippen LogP contribution in [0.4, 0.5) is 0 Å². The lowest BCUT2D eigenvalue weighted by Crippen LogP contribution is -2.38. The van der Waals surface area contributed by atoms with E-state index in [4.69, 9.17) is 4.74 Å². The molecule has 2 heterocycles. The van der Waals surface area contributed by atoms with Gasteiger partial charge < -0.3 is 10.1 Å². The fourth-order valence-corrected chi connectivity index (χ4v) is 2.94. The van der Waals surface area contributed by atoms with E-state index in [1.54, 1.807) is 11.3 Å². The van der Waals surface area contributed by atoms with Gasteiger partial charge in [-0.1, -0.05) is 13.3 Å². The summed E-state index contributed by atoms with van der Waals surface area (Å²) in [5, 5.41) is 6.90. The van der Waals surface area contributed by atoms with Gasteiger partial charge in [0.05, 0.1) is 16.8 Å². The van der Waals surface area contributed by atoms with Gasteiger partial charge in [0, 0.05) is 24.6 Å². The van der Waals surface area contributed by atoms with Crippen molar-refractivity contribution in [2.75, 3.05) is 6.61 Å². The van der Waals surface area contributed by atoms with Crippen LogP contribution in [0.25, 0.3) is 0 Å². The van der Waals surface area contributed by atoms with Crippen LogP contribution in [0.15, 0.2) is 5.38 Å². The maximum atomic E-state index is 5.75. The standard InChI is InChI=1S/C13H22N2OS/c1-3-4-13-7-11(5-6-16-13)14-8-12-9-17-10(2)15-12/h9,11,13-14H,3-8H2,1-2H3. The van der Waals surface area contributed by atoms with E-state index in [0.717, 1.165) is 31.0 Å². The SMILES string of the molecule is CCCC1CC(NCc2csc(C)n2)CCO1. The van der Waals surface area contributed by atoms with Gasteiger partial charge in [0.1, 0.15) is 0 Å². The second-order valence-corrected chi connectivity index (χ2v) is 5.80. The number of nitrogens with one attached hydrogen (secondary N) is 1. The Morgan fingerprint density at radius 3 is 3.18 bits per heavy atom. The molecule has 0 radical (unpaired) electrons. The minimum Gasteiger partial charge on any atom is -0.378 e. The zero-order valence-electron chi connectivity index (χ0n) is 10.7. The number of aromatic nitrogens is 1. The summed E-state index contributed by atoms with van der Waals surface area (Å²) in [4.78, 5) is 4.48. The van der Waals surface area contributed by atoms with Crippen LogP contribution in [0, 0.1) is 6.92 Å². The van der Waals surface area contributed by atoms with Crippen molar-refractivity contribution in [1.82, 2.24) is 10.3 Å². The molecule has 1 fully saturated rings. The van der Waals surface area contributed by atoms with Gasteiger partial charge >= 0.3 is 0 Å². The first-order chi connectivity index (χ1) is 8.28. The molecule has 1 aliphatic heterocycles. The van der Waals surface area contributed by atoms with Gasteiger partial charge in [-0.25, -0.2) is 4.98 Å². The molecule has 0 aromatic carbocycles. The first kappa shape index (κ1) is 13.0. The molecular formula is C13H22N2OS. The monoisotopic (exact) mass is 254 g/mol. The van der Waals surface area contributed by atoms with Crippen LogP contribution >= 0.6 is 11.3 Å². The molecule has 1 aromatic heterocycles. The predicted octanol–water partition coefficient (Wildman–Crippen LogP) is 2.89. The number of thiazole rings is 1. The van der Waals surface area contributed by atoms with Crippen molar-refractivity contribution in [3.05, 3.63) is 16.1 Å². The molecule has 17 heavy (non-hydrogen) atoms. The van der Waals surface area contributed by atoms with E-state index >= 15 is 0 Å². The van der Waals surface area contributed by atoms with E-state index < -0.39 is 0 Å². The van der Waals surface area contributed by atoms with E-state index in [-0.39, 0.29) is 0 Å². The fourth-order valence-electron chi connectivity index (χ4n) is 2.33. The summed E-state index contributed by atoms with van der Waals surface area (Å²) >= 11 is 1.72. The second kappa shape index (κ2) is 6.47. The Balaban J connectivity index is 1.75. The van der Waals surface area contributed by atoms with E-state index in [1.807, 2.05) is 0 Å². The van der Waals surface area contributed by atoms with Gasteiger partial charge in [-0.15, -0.1) is 11.3 Å². The molecule has 0 bridgehead atoms. The Morgan fingerprint density at radius 1 is 1.59 bits per heavy atom. The van der Waals surface area contributed by atoms with Crippen LogP contribution in [0.2, 0.25) is 0 Å². The molecule has 1 aliphatic rings. The zero-order chi connectivity index (χ0) is 12.1. The Morgan fingerprint density at radius 2 is 2.47 bits per heavy atom. The number of ether oxygens (including phenoxy) is 1. The minimum absolute atomic E-state index is 0.462. The highest BCUT2D eigenvalue weighted by Gasteiger charge is 2.21. The van der Waals surface area contributed by atoms with Crippen molar-refractivity contribution >= 4 is 11.3 Å².